The fourth-order valence-electron chi connectivity index (χ4n) is 4.98. The van der Waals surface area contributed by atoms with E-state index in [9.17, 15) is 0 Å². The fourth-order valence-corrected chi connectivity index (χ4v) is 4.98. The molecule has 0 saturated carbocycles. The van der Waals surface area contributed by atoms with E-state index in [1.54, 1.807) is 21.3 Å². The first kappa shape index (κ1) is 30.4. The number of fused-ring (bicyclic) bond motifs is 1. The molecule has 1 aliphatic rings. The zero-order chi connectivity index (χ0) is 29.9. The Morgan fingerprint density at radius 3 is 2.07 bits per heavy atom. The smallest absolute Gasteiger partial charge is 0.494 e. The molecule has 1 saturated heterocycles. The van der Waals surface area contributed by atoms with Crippen molar-refractivity contribution in [1.29, 1.82) is 0 Å². The molecule has 0 amide bonds. The third kappa shape index (κ3) is 6.37. The number of hydrogen-bond donors (Lipinski definition) is 0. The second kappa shape index (κ2) is 12.1. The minimum Gasteiger partial charge on any atom is -0.497 e. The Hall–Kier alpha value is -3.55. The predicted octanol–water partition coefficient (Wildman–Crippen LogP) is 7.34. The maximum Gasteiger partial charge on any atom is 0.494 e. The number of ether oxygens (including phenoxy) is 3. The van der Waals surface area contributed by atoms with Gasteiger partial charge in [-0.1, -0.05) is 37.3 Å². The highest BCUT2D eigenvalue weighted by atomic mass is 16.7. The van der Waals surface area contributed by atoms with Crippen molar-refractivity contribution in [1.82, 2.24) is 4.98 Å². The molecule has 6 nitrogen and oxygen atoms in total. The van der Waals surface area contributed by atoms with Crippen LogP contribution in [0.15, 0.2) is 60.7 Å². The van der Waals surface area contributed by atoms with Crippen LogP contribution >= 0.6 is 0 Å². The Morgan fingerprint density at radius 2 is 1.46 bits per heavy atom. The van der Waals surface area contributed by atoms with Crippen LogP contribution in [0.4, 0.5) is 0 Å². The molecule has 0 spiro atoms. The third-order valence-electron chi connectivity index (χ3n) is 8.08. The van der Waals surface area contributed by atoms with Crippen molar-refractivity contribution in [3.8, 4) is 28.4 Å². The minimum atomic E-state index is -0.404. The van der Waals surface area contributed by atoms with Gasteiger partial charge in [0.1, 0.15) is 17.2 Å². The van der Waals surface area contributed by atoms with Crippen LogP contribution in [-0.4, -0.2) is 44.6 Å². The SMILES string of the molecule is CCc1ccc(OC)cc1OC.COc1ccc(B2OC(C)(C)C(C)(C)O2)cc1-c1ccc2c(C)nc(C)cc2c1.[HH]. The van der Waals surface area contributed by atoms with E-state index < -0.39 is 7.12 Å². The van der Waals surface area contributed by atoms with Crippen molar-refractivity contribution in [3.05, 3.63) is 77.6 Å². The van der Waals surface area contributed by atoms with Crippen LogP contribution in [0.5, 0.6) is 17.2 Å². The molecule has 1 aliphatic heterocycles. The second-order valence-electron chi connectivity index (χ2n) is 11.4. The summed E-state index contributed by atoms with van der Waals surface area (Å²) in [4.78, 5) is 4.57. The Bertz CT molecular complexity index is 1520. The van der Waals surface area contributed by atoms with Crippen LogP contribution in [0.1, 0.15) is 53.0 Å². The Labute approximate surface area is 246 Å². The van der Waals surface area contributed by atoms with E-state index in [2.05, 4.69) is 76.9 Å². The molecule has 3 aromatic carbocycles. The van der Waals surface area contributed by atoms with Gasteiger partial charge in [0.05, 0.1) is 32.5 Å². The molecule has 0 atom stereocenters. The summed E-state index contributed by atoms with van der Waals surface area (Å²) in [7, 11) is 4.62. The number of methoxy groups -OCH3 is 3. The van der Waals surface area contributed by atoms with Crippen LogP contribution in [0, 0.1) is 13.8 Å². The molecule has 0 aliphatic carbocycles. The molecule has 4 aromatic rings. The fraction of sp³-hybridized carbons (Fsp3) is 0.382. The van der Waals surface area contributed by atoms with Crippen LogP contribution in [0.25, 0.3) is 21.9 Å². The average molecular weight is 558 g/mol. The van der Waals surface area contributed by atoms with Gasteiger partial charge in [0.25, 0.3) is 0 Å². The quantitative estimate of drug-likeness (QED) is 0.231. The molecule has 2 heterocycles. The summed E-state index contributed by atoms with van der Waals surface area (Å²) in [6, 6.07) is 20.6. The van der Waals surface area contributed by atoms with E-state index in [1.165, 1.54) is 16.3 Å². The van der Waals surface area contributed by atoms with E-state index in [0.717, 1.165) is 51.6 Å². The lowest BCUT2D eigenvalue weighted by Gasteiger charge is -2.32. The van der Waals surface area contributed by atoms with Crippen molar-refractivity contribution in [3.63, 3.8) is 0 Å². The zero-order valence-corrected chi connectivity index (χ0v) is 26.0. The summed E-state index contributed by atoms with van der Waals surface area (Å²) >= 11 is 0. The average Bonchev–Trinajstić information content (AvgIpc) is 3.18. The Morgan fingerprint density at radius 1 is 0.780 bits per heavy atom. The van der Waals surface area contributed by atoms with Gasteiger partial charge in [-0.25, -0.2) is 0 Å². The number of nitrogens with zero attached hydrogens (tertiary/aromatic N) is 1. The number of benzene rings is 3. The third-order valence-corrected chi connectivity index (χ3v) is 8.08. The van der Waals surface area contributed by atoms with Crippen molar-refractivity contribution in [2.24, 2.45) is 0 Å². The number of aromatic nitrogens is 1. The lowest BCUT2D eigenvalue weighted by Crippen LogP contribution is -2.41. The van der Waals surface area contributed by atoms with Gasteiger partial charge in [-0.2, -0.15) is 0 Å². The normalized spacial score (nSPS) is 15.3. The largest absolute Gasteiger partial charge is 0.497 e. The van der Waals surface area contributed by atoms with Gasteiger partial charge in [0.15, 0.2) is 0 Å². The highest BCUT2D eigenvalue weighted by Gasteiger charge is 2.51. The van der Waals surface area contributed by atoms with Crippen LogP contribution in [0.3, 0.4) is 0 Å². The maximum atomic E-state index is 6.24. The van der Waals surface area contributed by atoms with Crippen molar-refractivity contribution in [2.75, 3.05) is 21.3 Å². The molecule has 218 valence electrons. The maximum absolute atomic E-state index is 6.24. The van der Waals surface area contributed by atoms with Crippen LogP contribution in [-0.2, 0) is 15.7 Å². The molecular weight excluding hydrogens is 513 g/mol. The second-order valence-corrected chi connectivity index (χ2v) is 11.4. The molecule has 0 N–H and O–H groups in total. The lowest BCUT2D eigenvalue weighted by atomic mass is 9.77. The first-order chi connectivity index (χ1) is 19.4. The van der Waals surface area contributed by atoms with Gasteiger partial charge in [0, 0.05) is 29.8 Å². The number of pyridine rings is 1. The van der Waals surface area contributed by atoms with E-state index in [-0.39, 0.29) is 12.6 Å². The number of rotatable bonds is 6. The summed E-state index contributed by atoms with van der Waals surface area (Å²) in [5, 5.41) is 2.34. The van der Waals surface area contributed by atoms with E-state index in [0.29, 0.717) is 0 Å². The number of hydrogen-bond acceptors (Lipinski definition) is 6. The molecule has 0 bridgehead atoms. The molecule has 0 unspecified atom stereocenters. The molecular formula is C34H44BNO5. The summed E-state index contributed by atoms with van der Waals surface area (Å²) in [5.74, 6) is 2.56. The lowest BCUT2D eigenvalue weighted by molar-refractivity contribution is 0.00578. The molecule has 7 heteroatoms. The van der Waals surface area contributed by atoms with E-state index in [4.69, 9.17) is 23.5 Å². The molecule has 5 rings (SSSR count). The number of aryl methyl sites for hydroxylation is 3. The first-order valence-corrected chi connectivity index (χ1v) is 14.1. The van der Waals surface area contributed by atoms with Crippen molar-refractivity contribution in [2.45, 2.75) is 66.1 Å². The van der Waals surface area contributed by atoms with E-state index >= 15 is 0 Å². The van der Waals surface area contributed by atoms with Crippen LogP contribution in [0.2, 0.25) is 0 Å². The Kier molecular flexibility index (Phi) is 9.00. The molecule has 0 radical (unpaired) electrons. The predicted molar refractivity (Wildman–Crippen MR) is 170 cm³/mol. The highest BCUT2D eigenvalue weighted by Crippen LogP contribution is 2.38. The molecule has 1 fully saturated rings. The summed E-state index contributed by atoms with van der Waals surface area (Å²) in [6.07, 6.45) is 0.979. The van der Waals surface area contributed by atoms with Gasteiger partial charge in [-0.05, 0) is 94.2 Å². The zero-order valence-electron chi connectivity index (χ0n) is 26.0. The van der Waals surface area contributed by atoms with Gasteiger partial charge in [0.2, 0.25) is 0 Å². The van der Waals surface area contributed by atoms with Gasteiger partial charge in [-0.15, -0.1) is 0 Å². The summed E-state index contributed by atoms with van der Waals surface area (Å²) in [5.41, 5.74) is 5.63. The topological polar surface area (TPSA) is 59.0 Å². The monoisotopic (exact) mass is 557 g/mol. The Balaban J connectivity index is 0.000000315. The summed E-state index contributed by atoms with van der Waals surface area (Å²) in [6.45, 7) is 14.5. The first-order valence-electron chi connectivity index (χ1n) is 14.1. The van der Waals surface area contributed by atoms with Crippen LogP contribution < -0.4 is 19.7 Å². The molecule has 1 aromatic heterocycles. The van der Waals surface area contributed by atoms with Crippen molar-refractivity contribution >= 4 is 23.4 Å². The van der Waals surface area contributed by atoms with E-state index in [1.807, 2.05) is 37.3 Å². The van der Waals surface area contributed by atoms with Gasteiger partial charge in [-0.3, -0.25) is 4.98 Å². The molecule has 41 heavy (non-hydrogen) atoms. The van der Waals surface area contributed by atoms with Gasteiger partial charge < -0.3 is 23.5 Å². The summed E-state index contributed by atoms with van der Waals surface area (Å²) < 4.78 is 28.4. The van der Waals surface area contributed by atoms with Crippen molar-refractivity contribution < 1.29 is 24.9 Å². The van der Waals surface area contributed by atoms with Gasteiger partial charge >= 0.3 is 7.12 Å². The highest BCUT2D eigenvalue weighted by molar-refractivity contribution is 6.62. The minimum absolute atomic E-state index is 0. The standard InChI is InChI=1S/C24H28BNO3.C10H14O2.H2/c1-15-12-18-13-17(8-10-20(18)16(2)26-15)21-14-19(9-11-22(21)27-7)25-28-23(3,4)24(5,6)29-25;1-4-8-5-6-9(11-2)7-10(8)12-3;/h8-14H,1-7H3;5-7H,4H2,1-3H3;1H.